The van der Waals surface area contributed by atoms with Crippen molar-refractivity contribution in [2.45, 2.75) is 20.0 Å². The molecule has 0 fully saturated rings. The van der Waals surface area contributed by atoms with Crippen molar-refractivity contribution in [3.05, 3.63) is 53.6 Å². The number of para-hydroxylation sites is 1. The molecule has 26 heavy (non-hydrogen) atoms. The number of hydrogen-bond acceptors (Lipinski definition) is 4. The molecule has 0 aliphatic heterocycles. The van der Waals surface area contributed by atoms with Crippen molar-refractivity contribution in [3.8, 4) is 17.2 Å². The number of guanidine groups is 1. The molecule has 2 aromatic carbocycles. The largest absolute Gasteiger partial charge is 0.496 e. The summed E-state index contributed by atoms with van der Waals surface area (Å²) in [6.45, 7) is 3.79. The number of rotatable bonds is 8. The number of nitrogens with zero attached hydrogens (tertiary/aromatic N) is 1. The van der Waals surface area contributed by atoms with E-state index in [1.165, 1.54) is 0 Å². The van der Waals surface area contributed by atoms with Crippen molar-refractivity contribution in [2.24, 2.45) is 4.99 Å². The van der Waals surface area contributed by atoms with Gasteiger partial charge < -0.3 is 24.8 Å². The summed E-state index contributed by atoms with van der Waals surface area (Å²) in [5.41, 5.74) is 2.15. The van der Waals surface area contributed by atoms with Gasteiger partial charge in [0.05, 0.1) is 20.8 Å². The average molecular weight is 357 g/mol. The highest BCUT2D eigenvalue weighted by atomic mass is 16.5. The van der Waals surface area contributed by atoms with Crippen LogP contribution in [0.2, 0.25) is 0 Å². The molecular formula is C20H27N3O3. The maximum Gasteiger partial charge on any atom is 0.191 e. The lowest BCUT2D eigenvalue weighted by Gasteiger charge is -2.15. The first kappa shape index (κ1) is 19.4. The van der Waals surface area contributed by atoms with Gasteiger partial charge in [-0.2, -0.15) is 0 Å². The minimum absolute atomic E-state index is 0.593. The molecule has 0 amide bonds. The highest BCUT2D eigenvalue weighted by Crippen LogP contribution is 2.28. The Labute approximate surface area is 155 Å². The predicted molar refractivity (Wildman–Crippen MR) is 104 cm³/mol. The molecule has 0 heterocycles. The van der Waals surface area contributed by atoms with Crippen LogP contribution in [0.4, 0.5) is 0 Å². The summed E-state index contributed by atoms with van der Waals surface area (Å²) in [6.07, 6.45) is 0. The van der Waals surface area contributed by atoms with Crippen LogP contribution in [0.3, 0.4) is 0 Å². The van der Waals surface area contributed by atoms with Crippen LogP contribution >= 0.6 is 0 Å². The Balaban J connectivity index is 1.95. The van der Waals surface area contributed by atoms with Crippen LogP contribution < -0.4 is 24.8 Å². The van der Waals surface area contributed by atoms with Gasteiger partial charge in [-0.3, -0.25) is 4.99 Å². The minimum Gasteiger partial charge on any atom is -0.496 e. The second kappa shape index (κ2) is 10.2. The van der Waals surface area contributed by atoms with E-state index in [0.717, 1.165) is 28.4 Å². The lowest BCUT2D eigenvalue weighted by molar-refractivity contribution is 0.310. The third-order valence-electron chi connectivity index (χ3n) is 3.85. The second-order valence-electron chi connectivity index (χ2n) is 5.51. The summed E-state index contributed by atoms with van der Waals surface area (Å²) >= 11 is 0. The van der Waals surface area contributed by atoms with Gasteiger partial charge in [-0.25, -0.2) is 0 Å². The van der Waals surface area contributed by atoms with E-state index < -0.39 is 0 Å². The molecule has 0 bridgehead atoms. The van der Waals surface area contributed by atoms with Crippen LogP contribution in [0.15, 0.2) is 47.5 Å². The number of aliphatic imine (C=N–C) groups is 1. The summed E-state index contributed by atoms with van der Waals surface area (Å²) < 4.78 is 16.3. The molecule has 0 radical (unpaired) electrons. The van der Waals surface area contributed by atoms with E-state index in [1.54, 1.807) is 21.3 Å². The highest BCUT2D eigenvalue weighted by molar-refractivity contribution is 5.79. The first-order valence-corrected chi connectivity index (χ1v) is 8.58. The molecule has 6 heteroatoms. The fourth-order valence-corrected chi connectivity index (χ4v) is 2.53. The summed E-state index contributed by atoms with van der Waals surface area (Å²) in [6, 6.07) is 13.8. The van der Waals surface area contributed by atoms with Gasteiger partial charge in [-0.05, 0) is 30.7 Å². The van der Waals surface area contributed by atoms with E-state index in [2.05, 4.69) is 15.6 Å². The van der Waals surface area contributed by atoms with E-state index in [1.807, 2.05) is 49.4 Å². The number of methoxy groups -OCH3 is 2. The third kappa shape index (κ3) is 5.31. The molecule has 2 aromatic rings. The van der Waals surface area contributed by atoms with Gasteiger partial charge in [0.1, 0.15) is 5.75 Å². The minimum atomic E-state index is 0.593. The zero-order valence-corrected chi connectivity index (χ0v) is 15.8. The maximum absolute atomic E-state index is 5.62. The van der Waals surface area contributed by atoms with Crippen molar-refractivity contribution in [1.29, 1.82) is 0 Å². The van der Waals surface area contributed by atoms with E-state index >= 15 is 0 Å². The van der Waals surface area contributed by atoms with Gasteiger partial charge >= 0.3 is 0 Å². The first-order valence-electron chi connectivity index (χ1n) is 8.58. The van der Waals surface area contributed by atoms with Gasteiger partial charge in [-0.15, -0.1) is 0 Å². The lowest BCUT2D eigenvalue weighted by Crippen LogP contribution is -2.36. The van der Waals surface area contributed by atoms with Crippen molar-refractivity contribution in [2.75, 3.05) is 27.9 Å². The summed E-state index contributed by atoms with van der Waals surface area (Å²) in [5.74, 6) is 3.04. The zero-order valence-electron chi connectivity index (χ0n) is 15.8. The standard InChI is InChI=1S/C20H27N3O3/c1-5-26-19-12-15(10-11-18(19)25-4)13-22-20(21-2)23-14-16-8-6-7-9-17(16)24-3/h6-12H,5,13-14H2,1-4H3,(H2,21,22,23). The number of benzene rings is 2. The predicted octanol–water partition coefficient (Wildman–Crippen LogP) is 2.97. The number of hydrogen-bond donors (Lipinski definition) is 2. The van der Waals surface area contributed by atoms with E-state index in [9.17, 15) is 0 Å². The monoisotopic (exact) mass is 357 g/mol. The molecule has 0 unspecified atom stereocenters. The Kier molecular flexibility index (Phi) is 7.61. The average Bonchev–Trinajstić information content (AvgIpc) is 2.68. The Morgan fingerprint density at radius 2 is 1.65 bits per heavy atom. The van der Waals surface area contributed by atoms with Gasteiger partial charge in [0.2, 0.25) is 0 Å². The molecule has 0 aliphatic rings. The quantitative estimate of drug-likeness (QED) is 0.562. The molecule has 0 spiro atoms. The maximum atomic E-state index is 5.62. The Morgan fingerprint density at radius 3 is 2.35 bits per heavy atom. The molecule has 2 N–H and O–H groups in total. The van der Waals surface area contributed by atoms with E-state index in [-0.39, 0.29) is 0 Å². The Morgan fingerprint density at radius 1 is 0.923 bits per heavy atom. The molecule has 0 saturated carbocycles. The topological polar surface area (TPSA) is 64.1 Å². The molecule has 0 aromatic heterocycles. The SMILES string of the molecule is CCOc1cc(CNC(=NC)NCc2ccccc2OC)ccc1OC. The Bertz CT molecular complexity index is 732. The van der Waals surface area contributed by atoms with Crippen molar-refractivity contribution >= 4 is 5.96 Å². The van der Waals surface area contributed by atoms with Crippen LogP contribution in [0.5, 0.6) is 17.2 Å². The normalized spacial score (nSPS) is 11.0. The zero-order chi connectivity index (χ0) is 18.8. The molecule has 0 aliphatic carbocycles. The van der Waals surface area contributed by atoms with Crippen LogP contribution in [0.25, 0.3) is 0 Å². The summed E-state index contributed by atoms with van der Waals surface area (Å²) in [4.78, 5) is 4.26. The van der Waals surface area contributed by atoms with Gasteiger partial charge in [0.15, 0.2) is 17.5 Å². The van der Waals surface area contributed by atoms with Crippen molar-refractivity contribution in [1.82, 2.24) is 10.6 Å². The smallest absolute Gasteiger partial charge is 0.191 e. The van der Waals surface area contributed by atoms with Gasteiger partial charge in [-0.1, -0.05) is 24.3 Å². The summed E-state index contributed by atoms with van der Waals surface area (Å²) in [5, 5.41) is 6.60. The third-order valence-corrected chi connectivity index (χ3v) is 3.85. The van der Waals surface area contributed by atoms with Crippen molar-refractivity contribution < 1.29 is 14.2 Å². The van der Waals surface area contributed by atoms with Crippen molar-refractivity contribution in [3.63, 3.8) is 0 Å². The first-order chi connectivity index (χ1) is 12.7. The van der Waals surface area contributed by atoms with Gasteiger partial charge in [0, 0.05) is 25.7 Å². The lowest BCUT2D eigenvalue weighted by atomic mass is 10.2. The highest BCUT2D eigenvalue weighted by Gasteiger charge is 2.07. The fraction of sp³-hybridized carbons (Fsp3) is 0.350. The molecule has 0 atom stereocenters. The van der Waals surface area contributed by atoms with Crippen LogP contribution in [-0.2, 0) is 13.1 Å². The van der Waals surface area contributed by atoms with Crippen LogP contribution in [-0.4, -0.2) is 33.8 Å². The molecule has 2 rings (SSSR count). The Hall–Kier alpha value is -2.89. The second-order valence-corrected chi connectivity index (χ2v) is 5.51. The van der Waals surface area contributed by atoms with Gasteiger partial charge in [0.25, 0.3) is 0 Å². The molecule has 140 valence electrons. The summed E-state index contributed by atoms with van der Waals surface area (Å²) in [7, 11) is 5.06. The van der Waals surface area contributed by atoms with Crippen LogP contribution in [0, 0.1) is 0 Å². The fourth-order valence-electron chi connectivity index (χ4n) is 2.53. The van der Waals surface area contributed by atoms with E-state index in [0.29, 0.717) is 25.7 Å². The van der Waals surface area contributed by atoms with E-state index in [4.69, 9.17) is 14.2 Å². The van der Waals surface area contributed by atoms with Crippen LogP contribution in [0.1, 0.15) is 18.1 Å². The molecule has 6 nitrogen and oxygen atoms in total. The molecular weight excluding hydrogens is 330 g/mol. The number of nitrogens with one attached hydrogen (secondary N) is 2. The number of ether oxygens (including phenoxy) is 3. The molecule has 0 saturated heterocycles.